The molecule has 210 valence electrons. The number of rotatable bonds is 11. The van der Waals surface area contributed by atoms with Crippen molar-refractivity contribution in [2.45, 2.75) is 66.1 Å². The van der Waals surface area contributed by atoms with Crippen LogP contribution in [0.25, 0.3) is 0 Å². The molecule has 0 aromatic carbocycles. The first kappa shape index (κ1) is 31.1. The van der Waals surface area contributed by atoms with Gasteiger partial charge in [0, 0.05) is 25.2 Å². The SMILES string of the molecule is CO[C@H]1C(O)[C@@H](/C=C/P(=O)(OCOCC(C)(C)C)OCOC(=O)C(C)(C)C)O[C@H]1n1ccc(=O)[nH]c1=O. The van der Waals surface area contributed by atoms with Gasteiger partial charge in [-0.25, -0.2) is 4.79 Å². The van der Waals surface area contributed by atoms with Gasteiger partial charge in [0.05, 0.1) is 12.0 Å². The van der Waals surface area contributed by atoms with Crippen LogP contribution in [0.1, 0.15) is 47.8 Å². The standard InChI is InChI=1S/C23H37N2O11P/c1-22(2,3)12-32-13-34-37(30,35-14-33-20(28)23(4,5)6)11-9-15-17(27)18(31-7)19(36-15)25-10-8-16(26)24-21(25)29/h8-11,15,17-19,27H,12-14H2,1-7H3,(H,24,26,29)/b11-9+/t15-,17?,18+,19-,37?/m1/s1. The Bertz CT molecular complexity index is 1100. The van der Waals surface area contributed by atoms with Gasteiger partial charge in [0.2, 0.25) is 6.79 Å². The lowest BCUT2D eigenvalue weighted by Gasteiger charge is -2.21. The van der Waals surface area contributed by atoms with E-state index in [2.05, 4.69) is 4.98 Å². The van der Waals surface area contributed by atoms with E-state index in [1.807, 2.05) is 20.8 Å². The molecule has 0 bridgehead atoms. The number of aromatic amines is 1. The fraction of sp³-hybridized carbons (Fsp3) is 0.696. The summed E-state index contributed by atoms with van der Waals surface area (Å²) in [6.07, 6.45) is -2.02. The molecule has 1 aromatic rings. The maximum Gasteiger partial charge on any atom is 0.358 e. The molecule has 0 saturated carbocycles. The Hall–Kier alpha value is -2.12. The highest BCUT2D eigenvalue weighted by Crippen LogP contribution is 2.50. The molecule has 13 nitrogen and oxygen atoms in total. The van der Waals surface area contributed by atoms with Gasteiger partial charge < -0.3 is 24.1 Å². The number of carbonyl (C=O) groups excluding carboxylic acids is 1. The molecule has 2 rings (SSSR count). The third-order valence-corrected chi connectivity index (χ3v) is 6.46. The summed E-state index contributed by atoms with van der Waals surface area (Å²) in [7, 11) is -2.74. The molecule has 1 aromatic heterocycles. The molecule has 2 heterocycles. The van der Waals surface area contributed by atoms with Gasteiger partial charge in [-0.05, 0) is 32.3 Å². The predicted octanol–water partition coefficient (Wildman–Crippen LogP) is 2.12. The Morgan fingerprint density at radius 3 is 2.41 bits per heavy atom. The van der Waals surface area contributed by atoms with Gasteiger partial charge >= 0.3 is 19.3 Å². The lowest BCUT2D eigenvalue weighted by Crippen LogP contribution is -2.38. The van der Waals surface area contributed by atoms with Gasteiger partial charge in [0.1, 0.15) is 18.3 Å². The van der Waals surface area contributed by atoms with Crippen LogP contribution in [0.4, 0.5) is 0 Å². The number of hydrogen-bond acceptors (Lipinski definition) is 11. The molecule has 1 aliphatic rings. The molecule has 0 aliphatic carbocycles. The van der Waals surface area contributed by atoms with Crippen LogP contribution >= 0.6 is 7.60 Å². The van der Waals surface area contributed by atoms with Crippen molar-refractivity contribution in [1.29, 1.82) is 0 Å². The van der Waals surface area contributed by atoms with E-state index in [1.54, 1.807) is 20.8 Å². The summed E-state index contributed by atoms with van der Waals surface area (Å²) in [6.45, 7) is 10.1. The predicted molar refractivity (Wildman–Crippen MR) is 132 cm³/mol. The highest BCUT2D eigenvalue weighted by molar-refractivity contribution is 7.57. The molecule has 0 radical (unpaired) electrons. The zero-order valence-electron chi connectivity index (χ0n) is 22.2. The molecule has 37 heavy (non-hydrogen) atoms. The maximum atomic E-state index is 13.4. The smallest absolute Gasteiger partial charge is 0.358 e. The number of methoxy groups -OCH3 is 1. The summed E-state index contributed by atoms with van der Waals surface area (Å²) in [4.78, 5) is 37.7. The summed E-state index contributed by atoms with van der Waals surface area (Å²) in [5.41, 5.74) is -2.32. The molecule has 2 N–H and O–H groups in total. The molecule has 0 spiro atoms. The largest absolute Gasteiger partial charge is 0.438 e. The monoisotopic (exact) mass is 548 g/mol. The first-order chi connectivity index (χ1) is 17.1. The van der Waals surface area contributed by atoms with E-state index in [1.165, 1.54) is 19.4 Å². The molecule has 1 aliphatic heterocycles. The van der Waals surface area contributed by atoms with Gasteiger partial charge in [-0.3, -0.25) is 32.8 Å². The summed E-state index contributed by atoms with van der Waals surface area (Å²) in [6, 6.07) is 1.12. The number of aliphatic hydroxyl groups excluding tert-OH is 1. The average Bonchev–Trinajstić information content (AvgIpc) is 3.09. The minimum Gasteiger partial charge on any atom is -0.438 e. The quantitative estimate of drug-likeness (QED) is 0.180. The average molecular weight is 549 g/mol. The third kappa shape index (κ3) is 9.29. The summed E-state index contributed by atoms with van der Waals surface area (Å²) < 4.78 is 46.6. The minimum atomic E-state index is -4.06. The number of nitrogens with zero attached hydrogens (tertiary/aromatic N) is 1. The van der Waals surface area contributed by atoms with Gasteiger partial charge in [0.25, 0.3) is 5.56 Å². The van der Waals surface area contributed by atoms with E-state index in [4.69, 9.17) is 28.0 Å². The zero-order valence-corrected chi connectivity index (χ0v) is 23.1. The molecule has 14 heteroatoms. The second-order valence-electron chi connectivity index (χ2n) is 10.7. The molecule has 2 unspecified atom stereocenters. The van der Waals surface area contributed by atoms with Gasteiger partial charge in [-0.1, -0.05) is 20.8 Å². The van der Waals surface area contributed by atoms with Crippen molar-refractivity contribution >= 4 is 13.6 Å². The van der Waals surface area contributed by atoms with E-state index >= 15 is 0 Å². The normalized spacial score (nSPS) is 24.3. The number of aliphatic hydroxyl groups is 1. The van der Waals surface area contributed by atoms with Crippen molar-refractivity contribution < 1.29 is 42.5 Å². The van der Waals surface area contributed by atoms with Gasteiger partial charge in [-0.15, -0.1) is 0 Å². The molecule has 5 atom stereocenters. The van der Waals surface area contributed by atoms with E-state index in [0.29, 0.717) is 6.61 Å². The lowest BCUT2D eigenvalue weighted by molar-refractivity contribution is -0.160. The van der Waals surface area contributed by atoms with Crippen LogP contribution in [0.2, 0.25) is 0 Å². The Morgan fingerprint density at radius 2 is 1.84 bits per heavy atom. The van der Waals surface area contributed by atoms with Crippen LogP contribution in [0.3, 0.4) is 0 Å². The second-order valence-corrected chi connectivity index (χ2v) is 12.6. The number of hydrogen-bond donors (Lipinski definition) is 2. The van der Waals surface area contributed by atoms with Gasteiger partial charge in [0.15, 0.2) is 13.0 Å². The second kappa shape index (κ2) is 12.6. The van der Waals surface area contributed by atoms with Crippen LogP contribution < -0.4 is 11.2 Å². The number of aromatic nitrogens is 2. The Balaban J connectivity index is 2.19. The fourth-order valence-electron chi connectivity index (χ4n) is 3.08. The third-order valence-electron chi connectivity index (χ3n) is 4.99. The van der Waals surface area contributed by atoms with Crippen LogP contribution in [-0.4, -0.2) is 66.2 Å². The van der Waals surface area contributed by atoms with Crippen molar-refractivity contribution in [3.63, 3.8) is 0 Å². The summed E-state index contributed by atoms with van der Waals surface area (Å²) in [5.74, 6) is 0.482. The number of nitrogens with one attached hydrogen (secondary N) is 1. The first-order valence-electron chi connectivity index (χ1n) is 11.6. The number of esters is 1. The van der Waals surface area contributed by atoms with Gasteiger partial charge in [-0.2, -0.15) is 0 Å². The van der Waals surface area contributed by atoms with Crippen LogP contribution in [0, 0.1) is 10.8 Å². The fourth-order valence-corrected chi connectivity index (χ4v) is 4.13. The van der Waals surface area contributed by atoms with Crippen LogP contribution in [-0.2, 0) is 37.4 Å². The highest BCUT2D eigenvalue weighted by Gasteiger charge is 2.44. The van der Waals surface area contributed by atoms with E-state index in [-0.39, 0.29) is 12.2 Å². The molecule has 1 fully saturated rings. The Morgan fingerprint density at radius 1 is 1.19 bits per heavy atom. The highest BCUT2D eigenvalue weighted by atomic mass is 31.2. The zero-order chi connectivity index (χ0) is 28.0. The van der Waals surface area contributed by atoms with E-state index < -0.39 is 61.6 Å². The molecular weight excluding hydrogens is 511 g/mol. The Kier molecular flexibility index (Phi) is 10.6. The Labute approximate surface area is 215 Å². The van der Waals surface area contributed by atoms with Crippen molar-refractivity contribution in [3.8, 4) is 0 Å². The first-order valence-corrected chi connectivity index (χ1v) is 13.2. The van der Waals surface area contributed by atoms with Crippen LogP contribution in [0.15, 0.2) is 33.7 Å². The molecule has 0 amide bonds. The van der Waals surface area contributed by atoms with Crippen molar-refractivity contribution in [1.82, 2.24) is 9.55 Å². The van der Waals surface area contributed by atoms with E-state index in [0.717, 1.165) is 16.5 Å². The minimum absolute atomic E-state index is 0.169. The summed E-state index contributed by atoms with van der Waals surface area (Å²) >= 11 is 0. The molecule has 1 saturated heterocycles. The van der Waals surface area contributed by atoms with Crippen molar-refractivity contribution in [2.75, 3.05) is 27.3 Å². The number of carbonyl (C=O) groups is 1. The van der Waals surface area contributed by atoms with E-state index in [9.17, 15) is 24.1 Å². The van der Waals surface area contributed by atoms with Crippen molar-refractivity contribution in [3.05, 3.63) is 45.0 Å². The number of H-pyrrole nitrogens is 1. The number of ether oxygens (including phenoxy) is 4. The lowest BCUT2D eigenvalue weighted by atomic mass is 9.98. The maximum absolute atomic E-state index is 13.4. The summed E-state index contributed by atoms with van der Waals surface area (Å²) in [5, 5.41) is 10.7. The van der Waals surface area contributed by atoms with Crippen LogP contribution in [0.5, 0.6) is 0 Å². The molecular formula is C23H37N2O11P. The van der Waals surface area contributed by atoms with Crippen molar-refractivity contribution in [2.24, 2.45) is 10.8 Å². The topological polar surface area (TPSA) is 165 Å².